The van der Waals surface area contributed by atoms with Crippen molar-refractivity contribution in [3.63, 3.8) is 0 Å². The van der Waals surface area contributed by atoms with Crippen molar-refractivity contribution >= 4 is 17.5 Å². The summed E-state index contributed by atoms with van der Waals surface area (Å²) in [6, 6.07) is 7.80. The maximum atomic E-state index is 13.0. The molecule has 2 aromatic rings. The highest BCUT2D eigenvalue weighted by atomic mass is 16.5. The number of nitrogens with zero attached hydrogens (tertiary/aromatic N) is 4. The van der Waals surface area contributed by atoms with Crippen LogP contribution in [0, 0.1) is 12.8 Å². The van der Waals surface area contributed by atoms with E-state index in [-0.39, 0.29) is 30.3 Å². The number of anilines is 1. The minimum absolute atomic E-state index is 0.00847. The number of hydrogen-bond acceptors (Lipinski definition) is 6. The number of amides is 2. The Kier molecular flexibility index (Phi) is 5.33. The van der Waals surface area contributed by atoms with E-state index in [2.05, 4.69) is 9.97 Å². The van der Waals surface area contributed by atoms with Crippen LogP contribution in [0.1, 0.15) is 18.4 Å². The fourth-order valence-electron chi connectivity index (χ4n) is 3.79. The number of aromatic nitrogens is 2. The molecule has 1 aromatic heterocycles. The number of hydrogen-bond donors (Lipinski definition) is 0. The van der Waals surface area contributed by atoms with Gasteiger partial charge in [-0.25, -0.2) is 0 Å². The summed E-state index contributed by atoms with van der Waals surface area (Å²) in [4.78, 5) is 37.1. The Labute approximate surface area is 169 Å². The first kappa shape index (κ1) is 19.2. The van der Waals surface area contributed by atoms with E-state index in [9.17, 15) is 9.59 Å². The lowest BCUT2D eigenvalue weighted by Crippen LogP contribution is -2.37. The first-order valence-electron chi connectivity index (χ1n) is 9.72. The Morgan fingerprint density at radius 2 is 1.90 bits per heavy atom. The van der Waals surface area contributed by atoms with Crippen LogP contribution in [0.2, 0.25) is 0 Å². The molecule has 2 atom stereocenters. The zero-order valence-corrected chi connectivity index (χ0v) is 16.6. The molecule has 0 aliphatic carbocycles. The number of rotatable bonds is 5. The third-order valence-corrected chi connectivity index (χ3v) is 5.36. The predicted octanol–water partition coefficient (Wildman–Crippen LogP) is 1.83. The molecule has 2 amide bonds. The average Bonchev–Trinajstić information content (AvgIpc) is 3.35. The second kappa shape index (κ2) is 8.06. The number of ether oxygens (including phenoxy) is 2. The van der Waals surface area contributed by atoms with Gasteiger partial charge in [0.25, 0.3) is 0 Å². The van der Waals surface area contributed by atoms with E-state index in [4.69, 9.17) is 9.47 Å². The normalized spacial score (nSPS) is 21.5. The number of carbonyl (C=O) groups excluding carboxylic acids is 2. The molecule has 2 aliphatic heterocycles. The van der Waals surface area contributed by atoms with Gasteiger partial charge in [-0.15, -0.1) is 0 Å². The van der Waals surface area contributed by atoms with Crippen LogP contribution < -0.4 is 14.4 Å². The van der Waals surface area contributed by atoms with Crippen molar-refractivity contribution in [2.24, 2.45) is 5.92 Å². The zero-order valence-electron chi connectivity index (χ0n) is 16.6. The molecule has 8 heteroatoms. The predicted molar refractivity (Wildman–Crippen MR) is 106 cm³/mol. The topological polar surface area (TPSA) is 84.9 Å². The van der Waals surface area contributed by atoms with E-state index >= 15 is 0 Å². The van der Waals surface area contributed by atoms with Crippen LogP contribution in [0.25, 0.3) is 0 Å². The summed E-state index contributed by atoms with van der Waals surface area (Å²) in [5, 5.41) is 0. The van der Waals surface area contributed by atoms with E-state index < -0.39 is 0 Å². The lowest BCUT2D eigenvalue weighted by Gasteiger charge is -2.21. The van der Waals surface area contributed by atoms with E-state index in [1.807, 2.05) is 31.2 Å². The van der Waals surface area contributed by atoms with Crippen molar-refractivity contribution in [3.8, 4) is 11.8 Å². The van der Waals surface area contributed by atoms with Gasteiger partial charge in [0.2, 0.25) is 23.6 Å². The lowest BCUT2D eigenvalue weighted by molar-refractivity contribution is -0.135. The molecule has 0 spiro atoms. The largest absolute Gasteiger partial charge is 0.480 e. The molecule has 2 saturated heterocycles. The molecule has 2 unspecified atom stereocenters. The highest BCUT2D eigenvalue weighted by molar-refractivity contribution is 6.00. The molecular formula is C21H24N4O4. The smallest absolute Gasteiger partial charge is 0.235 e. The van der Waals surface area contributed by atoms with Gasteiger partial charge in [-0.3, -0.25) is 14.6 Å². The fourth-order valence-corrected chi connectivity index (χ4v) is 3.79. The van der Waals surface area contributed by atoms with Gasteiger partial charge in [0, 0.05) is 31.6 Å². The van der Waals surface area contributed by atoms with Crippen LogP contribution >= 0.6 is 0 Å². The number of methoxy groups -OCH3 is 1. The van der Waals surface area contributed by atoms with E-state index in [1.165, 1.54) is 19.5 Å². The standard InChI is InChI=1S/C21H24N4O4/c1-14-3-5-16(6-4-14)25-12-15(9-20(25)26)21(27)24-8-7-17(13-24)29-19-11-22-10-18(23-19)28-2/h3-6,10-11,15,17H,7-9,12-13H2,1-2H3. The Hall–Kier alpha value is -3.16. The maximum absolute atomic E-state index is 13.0. The minimum Gasteiger partial charge on any atom is -0.480 e. The van der Waals surface area contributed by atoms with Crippen molar-refractivity contribution < 1.29 is 19.1 Å². The van der Waals surface area contributed by atoms with Crippen molar-refractivity contribution in [3.05, 3.63) is 42.2 Å². The van der Waals surface area contributed by atoms with E-state index in [1.54, 1.807) is 9.80 Å². The van der Waals surface area contributed by atoms with Gasteiger partial charge in [-0.1, -0.05) is 17.7 Å². The Morgan fingerprint density at radius 1 is 1.14 bits per heavy atom. The maximum Gasteiger partial charge on any atom is 0.235 e. The summed E-state index contributed by atoms with van der Waals surface area (Å²) < 4.78 is 10.9. The first-order chi connectivity index (χ1) is 14.0. The van der Waals surface area contributed by atoms with Gasteiger partial charge in [0.1, 0.15) is 6.10 Å². The van der Waals surface area contributed by atoms with Gasteiger partial charge in [-0.2, -0.15) is 4.98 Å². The second-order valence-corrected chi connectivity index (χ2v) is 7.45. The summed E-state index contributed by atoms with van der Waals surface area (Å²) in [5.74, 6) is 0.445. The number of likely N-dealkylation sites (tertiary alicyclic amines) is 1. The molecular weight excluding hydrogens is 372 g/mol. The zero-order chi connectivity index (χ0) is 20.4. The quantitative estimate of drug-likeness (QED) is 0.767. The van der Waals surface area contributed by atoms with Crippen LogP contribution in [0.4, 0.5) is 5.69 Å². The lowest BCUT2D eigenvalue weighted by atomic mass is 10.1. The first-order valence-corrected chi connectivity index (χ1v) is 9.72. The van der Waals surface area contributed by atoms with Crippen molar-refractivity contribution in [2.45, 2.75) is 25.9 Å². The Balaban J connectivity index is 1.35. The summed E-state index contributed by atoms with van der Waals surface area (Å²) >= 11 is 0. The molecule has 0 N–H and O–H groups in total. The minimum atomic E-state index is -0.320. The number of aryl methyl sites for hydroxylation is 1. The third-order valence-electron chi connectivity index (χ3n) is 5.36. The van der Waals surface area contributed by atoms with Gasteiger partial charge < -0.3 is 19.3 Å². The van der Waals surface area contributed by atoms with Crippen LogP contribution in [-0.2, 0) is 9.59 Å². The molecule has 4 rings (SSSR count). The molecule has 3 heterocycles. The van der Waals surface area contributed by atoms with Crippen LogP contribution in [-0.4, -0.2) is 59.5 Å². The molecule has 152 valence electrons. The van der Waals surface area contributed by atoms with Crippen LogP contribution in [0.3, 0.4) is 0 Å². The molecule has 8 nitrogen and oxygen atoms in total. The van der Waals surface area contributed by atoms with Crippen molar-refractivity contribution in [1.29, 1.82) is 0 Å². The summed E-state index contributed by atoms with van der Waals surface area (Å²) in [7, 11) is 1.52. The van der Waals surface area contributed by atoms with E-state index in [0.29, 0.717) is 37.8 Å². The molecule has 29 heavy (non-hydrogen) atoms. The molecule has 2 fully saturated rings. The molecule has 0 radical (unpaired) electrons. The molecule has 1 aromatic carbocycles. The summed E-state index contributed by atoms with van der Waals surface area (Å²) in [6.07, 6.45) is 3.85. The van der Waals surface area contributed by atoms with Gasteiger partial charge in [-0.05, 0) is 19.1 Å². The SMILES string of the molecule is COc1cncc(OC2CCN(C(=O)C3CC(=O)N(c4ccc(C)cc4)C3)C2)n1. The number of carbonyl (C=O) groups is 2. The highest BCUT2D eigenvalue weighted by Crippen LogP contribution is 2.28. The van der Waals surface area contributed by atoms with E-state index in [0.717, 1.165) is 11.3 Å². The Bertz CT molecular complexity index is 902. The van der Waals surface area contributed by atoms with Crippen LogP contribution in [0.15, 0.2) is 36.7 Å². The van der Waals surface area contributed by atoms with Gasteiger partial charge >= 0.3 is 0 Å². The fraction of sp³-hybridized carbons (Fsp3) is 0.429. The summed E-state index contributed by atoms with van der Waals surface area (Å²) in [5.41, 5.74) is 1.98. The molecule has 2 aliphatic rings. The van der Waals surface area contributed by atoms with Crippen LogP contribution in [0.5, 0.6) is 11.8 Å². The van der Waals surface area contributed by atoms with Gasteiger partial charge in [0.15, 0.2) is 0 Å². The average molecular weight is 396 g/mol. The van der Waals surface area contributed by atoms with Gasteiger partial charge in [0.05, 0.1) is 32.0 Å². The molecule has 0 saturated carbocycles. The van der Waals surface area contributed by atoms with Crippen molar-refractivity contribution in [1.82, 2.24) is 14.9 Å². The number of benzene rings is 1. The Morgan fingerprint density at radius 3 is 2.66 bits per heavy atom. The summed E-state index contributed by atoms with van der Waals surface area (Å²) in [6.45, 7) is 3.51. The highest BCUT2D eigenvalue weighted by Gasteiger charge is 2.39. The molecule has 0 bridgehead atoms. The second-order valence-electron chi connectivity index (χ2n) is 7.45. The monoisotopic (exact) mass is 396 g/mol. The third kappa shape index (κ3) is 4.16. The van der Waals surface area contributed by atoms with Crippen molar-refractivity contribution in [2.75, 3.05) is 31.6 Å².